The molecule has 1 atom stereocenters. The van der Waals surface area contributed by atoms with Crippen LogP contribution in [-0.4, -0.2) is 39.8 Å². The van der Waals surface area contributed by atoms with E-state index < -0.39 is 52.2 Å². The van der Waals surface area contributed by atoms with Crippen LogP contribution in [0.3, 0.4) is 0 Å². The number of hydrogen-bond donors (Lipinski definition) is 2. The highest BCUT2D eigenvalue weighted by Gasteiger charge is 2.40. The Balaban J connectivity index is 2.51. The average Bonchev–Trinajstić information content (AvgIpc) is 2.55. The maximum atomic E-state index is 13.2. The standard InChI is InChI=1S/C19H18F2O6/c1-9(2)4-7-14(27-18(26)19(3,20)21)10-8-13(24)15-11(22)5-6-12(23)16(15)17(10)25/h4-6,8,14,22-23H,7H2,1-3H3/t14-/m1/s1. The molecule has 0 aliphatic heterocycles. The Bertz CT molecular complexity index is 873. The monoisotopic (exact) mass is 380 g/mol. The average molecular weight is 380 g/mol. The molecular formula is C19H18F2O6. The smallest absolute Gasteiger partial charge is 0.377 e. The molecule has 0 fully saturated rings. The zero-order valence-corrected chi connectivity index (χ0v) is 14.9. The molecule has 0 radical (unpaired) electrons. The van der Waals surface area contributed by atoms with Crippen molar-refractivity contribution in [3.63, 3.8) is 0 Å². The molecule has 0 spiro atoms. The fraction of sp³-hybridized carbons (Fsp3) is 0.316. The van der Waals surface area contributed by atoms with Crippen LogP contribution in [0.1, 0.15) is 47.9 Å². The van der Waals surface area contributed by atoms with E-state index in [1.807, 2.05) is 0 Å². The minimum absolute atomic E-state index is 0.121. The third-order valence-electron chi connectivity index (χ3n) is 3.88. The summed E-state index contributed by atoms with van der Waals surface area (Å²) in [5.41, 5.74) is -0.435. The minimum atomic E-state index is -3.79. The predicted octanol–water partition coefficient (Wildman–Crippen LogP) is 3.33. The number of esters is 1. The lowest BCUT2D eigenvalue weighted by Gasteiger charge is -2.24. The van der Waals surface area contributed by atoms with Crippen molar-refractivity contribution < 1.29 is 38.1 Å². The molecule has 0 aromatic heterocycles. The quantitative estimate of drug-likeness (QED) is 0.462. The van der Waals surface area contributed by atoms with E-state index in [0.717, 1.165) is 23.8 Å². The first-order valence-electron chi connectivity index (χ1n) is 8.01. The molecule has 27 heavy (non-hydrogen) atoms. The number of allylic oxidation sites excluding steroid dienone is 2. The lowest BCUT2D eigenvalue weighted by atomic mass is 9.85. The molecular weight excluding hydrogens is 362 g/mol. The highest BCUT2D eigenvalue weighted by atomic mass is 19.3. The van der Waals surface area contributed by atoms with Gasteiger partial charge in [-0.25, -0.2) is 4.79 Å². The summed E-state index contributed by atoms with van der Waals surface area (Å²) < 4.78 is 31.3. The van der Waals surface area contributed by atoms with E-state index in [1.165, 1.54) is 0 Å². The molecule has 2 rings (SSSR count). The first-order valence-corrected chi connectivity index (χ1v) is 8.01. The second kappa shape index (κ2) is 7.30. The molecule has 2 N–H and O–H groups in total. The summed E-state index contributed by atoms with van der Waals surface area (Å²) in [5, 5.41) is 19.8. The molecule has 8 heteroatoms. The Morgan fingerprint density at radius 2 is 1.74 bits per heavy atom. The van der Waals surface area contributed by atoms with E-state index in [0.29, 0.717) is 6.92 Å². The number of hydrogen-bond acceptors (Lipinski definition) is 6. The normalized spacial score (nSPS) is 14.9. The third kappa shape index (κ3) is 4.21. The van der Waals surface area contributed by atoms with E-state index in [-0.39, 0.29) is 12.0 Å². The lowest BCUT2D eigenvalue weighted by Crippen LogP contribution is -2.35. The highest BCUT2D eigenvalue weighted by molar-refractivity contribution is 6.27. The number of phenols is 2. The Labute approximate surface area is 153 Å². The molecule has 1 aliphatic carbocycles. The number of carbonyl (C=O) groups is 3. The fourth-order valence-corrected chi connectivity index (χ4v) is 2.54. The third-order valence-corrected chi connectivity index (χ3v) is 3.88. The summed E-state index contributed by atoms with van der Waals surface area (Å²) in [6.07, 6.45) is 0.810. The Kier molecular flexibility index (Phi) is 5.48. The van der Waals surface area contributed by atoms with Gasteiger partial charge in [-0.1, -0.05) is 11.6 Å². The number of halogens is 2. The number of Topliss-reactive ketones (excluding diaryl/α,β-unsaturated/α-hetero) is 1. The van der Waals surface area contributed by atoms with Crippen LogP contribution in [0.2, 0.25) is 0 Å². The molecule has 0 saturated heterocycles. The number of rotatable bonds is 5. The number of carbonyl (C=O) groups excluding carboxylic acids is 3. The van der Waals surface area contributed by atoms with Crippen LogP contribution in [0, 0.1) is 0 Å². The Hall–Kier alpha value is -3.03. The molecule has 1 aromatic carbocycles. The van der Waals surface area contributed by atoms with Gasteiger partial charge in [-0.05, 0) is 32.1 Å². The first-order chi connectivity index (χ1) is 12.4. The van der Waals surface area contributed by atoms with Crippen LogP contribution in [0.5, 0.6) is 11.5 Å². The summed E-state index contributed by atoms with van der Waals surface area (Å²) >= 11 is 0. The van der Waals surface area contributed by atoms with Crippen molar-refractivity contribution in [3.05, 3.63) is 46.6 Å². The van der Waals surface area contributed by atoms with E-state index >= 15 is 0 Å². The number of ether oxygens (including phenoxy) is 1. The van der Waals surface area contributed by atoms with Gasteiger partial charge in [0.1, 0.15) is 17.6 Å². The van der Waals surface area contributed by atoms with Gasteiger partial charge in [0.05, 0.1) is 11.1 Å². The molecule has 1 aromatic rings. The number of phenolic OH excluding ortho intramolecular Hbond substituents is 2. The molecule has 0 unspecified atom stereocenters. The van der Waals surface area contributed by atoms with Crippen molar-refractivity contribution in [2.75, 3.05) is 0 Å². The number of alkyl halides is 2. The van der Waals surface area contributed by atoms with Crippen LogP contribution in [-0.2, 0) is 9.53 Å². The topological polar surface area (TPSA) is 101 Å². The van der Waals surface area contributed by atoms with Crippen LogP contribution >= 0.6 is 0 Å². The van der Waals surface area contributed by atoms with Crippen molar-refractivity contribution >= 4 is 17.5 Å². The van der Waals surface area contributed by atoms with Crippen molar-refractivity contribution in [1.29, 1.82) is 0 Å². The molecule has 0 amide bonds. The summed E-state index contributed by atoms with van der Waals surface area (Å²) in [5.74, 6) is -8.40. The minimum Gasteiger partial charge on any atom is -0.507 e. The molecule has 0 heterocycles. The van der Waals surface area contributed by atoms with Gasteiger partial charge in [-0.3, -0.25) is 9.59 Å². The summed E-state index contributed by atoms with van der Waals surface area (Å²) in [4.78, 5) is 36.7. The molecule has 6 nitrogen and oxygen atoms in total. The molecule has 1 aliphatic rings. The Morgan fingerprint density at radius 3 is 2.26 bits per heavy atom. The summed E-state index contributed by atoms with van der Waals surface area (Å²) in [7, 11) is 0. The van der Waals surface area contributed by atoms with Crippen molar-refractivity contribution in [3.8, 4) is 11.5 Å². The molecule has 0 bridgehead atoms. The lowest BCUT2D eigenvalue weighted by molar-refractivity contribution is -0.172. The van der Waals surface area contributed by atoms with Gasteiger partial charge in [-0.2, -0.15) is 8.78 Å². The maximum Gasteiger partial charge on any atom is 0.377 e. The zero-order valence-electron chi connectivity index (χ0n) is 14.9. The Morgan fingerprint density at radius 1 is 1.19 bits per heavy atom. The zero-order chi connectivity index (χ0) is 20.5. The van der Waals surface area contributed by atoms with Gasteiger partial charge in [0.2, 0.25) is 0 Å². The summed E-state index contributed by atoms with van der Waals surface area (Å²) in [6, 6.07) is 2.08. The molecule has 0 saturated carbocycles. The number of benzene rings is 1. The fourth-order valence-electron chi connectivity index (χ4n) is 2.54. The van der Waals surface area contributed by atoms with E-state index in [9.17, 15) is 33.4 Å². The number of ketones is 2. The summed E-state index contributed by atoms with van der Waals surface area (Å²) in [6.45, 7) is 3.79. The number of fused-ring (bicyclic) bond motifs is 1. The van der Waals surface area contributed by atoms with Gasteiger partial charge in [0, 0.05) is 18.9 Å². The van der Waals surface area contributed by atoms with E-state index in [4.69, 9.17) is 4.74 Å². The van der Waals surface area contributed by atoms with Crippen LogP contribution in [0.4, 0.5) is 8.78 Å². The number of aromatic hydroxyl groups is 2. The van der Waals surface area contributed by atoms with Gasteiger partial charge in [0.15, 0.2) is 11.6 Å². The van der Waals surface area contributed by atoms with Gasteiger partial charge >= 0.3 is 11.9 Å². The van der Waals surface area contributed by atoms with Crippen LogP contribution in [0.25, 0.3) is 0 Å². The van der Waals surface area contributed by atoms with Gasteiger partial charge < -0.3 is 14.9 Å². The van der Waals surface area contributed by atoms with E-state index in [2.05, 4.69) is 0 Å². The highest BCUT2D eigenvalue weighted by Crippen LogP contribution is 2.36. The van der Waals surface area contributed by atoms with E-state index in [1.54, 1.807) is 19.9 Å². The van der Waals surface area contributed by atoms with Gasteiger partial charge in [-0.15, -0.1) is 0 Å². The van der Waals surface area contributed by atoms with Crippen molar-refractivity contribution in [1.82, 2.24) is 0 Å². The van der Waals surface area contributed by atoms with Crippen molar-refractivity contribution in [2.24, 2.45) is 0 Å². The second-order valence-corrected chi connectivity index (χ2v) is 6.45. The SMILES string of the molecule is CC(C)=CC[C@@H](OC(=O)C(C)(F)F)C1=CC(=O)c2c(O)ccc(O)c2C1=O. The van der Waals surface area contributed by atoms with Crippen LogP contribution < -0.4 is 0 Å². The largest absolute Gasteiger partial charge is 0.507 e. The molecule has 144 valence electrons. The van der Waals surface area contributed by atoms with Crippen molar-refractivity contribution in [2.45, 2.75) is 39.2 Å². The maximum absolute atomic E-state index is 13.2. The second-order valence-electron chi connectivity index (χ2n) is 6.45. The predicted molar refractivity (Wildman–Crippen MR) is 91.1 cm³/mol. The van der Waals surface area contributed by atoms with Crippen LogP contribution in [0.15, 0.2) is 35.4 Å². The van der Waals surface area contributed by atoms with Gasteiger partial charge in [0.25, 0.3) is 0 Å². The first kappa shape index (κ1) is 20.3.